The molecule has 1 atom stereocenters. The minimum absolute atomic E-state index is 0.256. The number of aromatic amines is 1. The van der Waals surface area contributed by atoms with E-state index in [4.69, 9.17) is 4.74 Å². The number of H-pyrrole nitrogens is 1. The van der Waals surface area contributed by atoms with Gasteiger partial charge in [0.1, 0.15) is 11.8 Å². The lowest BCUT2D eigenvalue weighted by molar-refractivity contribution is -0.113. The molecule has 5 rings (SSSR count). The van der Waals surface area contributed by atoms with Crippen molar-refractivity contribution in [2.24, 2.45) is 0 Å². The summed E-state index contributed by atoms with van der Waals surface area (Å²) < 4.78 is 7.29. The molecular weight excluding hydrogens is 394 g/mol. The Morgan fingerprint density at radius 2 is 2.00 bits per heavy atom. The first-order valence-corrected chi connectivity index (χ1v) is 10.0. The van der Waals surface area contributed by atoms with Gasteiger partial charge in [-0.05, 0) is 42.5 Å². The van der Waals surface area contributed by atoms with Crippen molar-refractivity contribution >= 4 is 28.4 Å². The van der Waals surface area contributed by atoms with Gasteiger partial charge in [0, 0.05) is 28.4 Å². The molecule has 0 aliphatic carbocycles. The lowest BCUT2D eigenvalue weighted by atomic mass is 9.94. The second-order valence-corrected chi connectivity index (χ2v) is 7.19. The number of amides is 1. The molecule has 9 heteroatoms. The number of para-hydroxylation sites is 3. The summed E-state index contributed by atoms with van der Waals surface area (Å²) in [7, 11) is 0. The second kappa shape index (κ2) is 7.60. The third-order valence-corrected chi connectivity index (χ3v) is 5.31. The first kappa shape index (κ1) is 18.9. The van der Waals surface area contributed by atoms with Crippen LogP contribution >= 0.6 is 0 Å². The normalized spacial score (nSPS) is 15.5. The van der Waals surface area contributed by atoms with Crippen LogP contribution in [-0.2, 0) is 4.79 Å². The average molecular weight is 415 g/mol. The SMILES string of the molecule is CCOc1ccccc1NC(=O)C1=C(C)Nc2nnnn2[C@H]1c1c[nH]c2ccccc12. The Kier molecular flexibility index (Phi) is 4.62. The second-order valence-electron chi connectivity index (χ2n) is 7.19. The number of nitrogens with zero attached hydrogens (tertiary/aromatic N) is 4. The van der Waals surface area contributed by atoms with Crippen LogP contribution < -0.4 is 15.4 Å². The minimum atomic E-state index is -0.498. The first-order valence-electron chi connectivity index (χ1n) is 10.0. The van der Waals surface area contributed by atoms with E-state index in [9.17, 15) is 4.79 Å². The molecule has 0 radical (unpaired) electrons. The maximum absolute atomic E-state index is 13.6. The summed E-state index contributed by atoms with van der Waals surface area (Å²) in [5, 5.41) is 19.2. The molecule has 31 heavy (non-hydrogen) atoms. The molecule has 1 amide bonds. The number of aromatic nitrogens is 5. The van der Waals surface area contributed by atoms with Crippen LogP contribution in [0.25, 0.3) is 10.9 Å². The van der Waals surface area contributed by atoms with Gasteiger partial charge in [-0.2, -0.15) is 4.68 Å². The molecule has 3 heterocycles. The van der Waals surface area contributed by atoms with Gasteiger partial charge in [0.15, 0.2) is 0 Å². The van der Waals surface area contributed by atoms with E-state index in [0.29, 0.717) is 35.3 Å². The predicted octanol–water partition coefficient (Wildman–Crippen LogP) is 3.48. The molecule has 1 aliphatic rings. The highest BCUT2D eigenvalue weighted by molar-refractivity contribution is 6.07. The van der Waals surface area contributed by atoms with Crippen molar-refractivity contribution in [1.29, 1.82) is 0 Å². The molecule has 0 saturated heterocycles. The van der Waals surface area contributed by atoms with E-state index in [-0.39, 0.29) is 5.91 Å². The summed E-state index contributed by atoms with van der Waals surface area (Å²) in [6.45, 7) is 4.26. The van der Waals surface area contributed by atoms with Gasteiger partial charge in [-0.25, -0.2) is 0 Å². The van der Waals surface area contributed by atoms with Crippen LogP contribution in [0.2, 0.25) is 0 Å². The summed E-state index contributed by atoms with van der Waals surface area (Å²) in [5.74, 6) is 0.847. The molecular formula is C22H21N7O2. The molecule has 2 aromatic carbocycles. The quantitative estimate of drug-likeness (QED) is 0.460. The molecule has 0 bridgehead atoms. The number of anilines is 2. The number of carbonyl (C=O) groups excluding carboxylic acids is 1. The molecule has 0 fully saturated rings. The Hall–Kier alpha value is -4.14. The fourth-order valence-corrected chi connectivity index (χ4v) is 3.96. The van der Waals surface area contributed by atoms with Crippen molar-refractivity contribution in [1.82, 2.24) is 25.2 Å². The standard InChI is InChI=1S/C22H21N7O2/c1-3-31-18-11-7-6-10-17(18)25-21(30)19-13(2)24-22-26-27-28-29(22)20(19)15-12-23-16-9-5-4-8-14(15)16/h4-12,20,23H,3H2,1-2H3,(H,25,30)(H,24,26,28)/t20-/m0/s1. The van der Waals surface area contributed by atoms with Crippen LogP contribution in [-0.4, -0.2) is 37.7 Å². The van der Waals surface area contributed by atoms with Gasteiger partial charge in [0.2, 0.25) is 5.95 Å². The number of hydrogen-bond donors (Lipinski definition) is 3. The number of rotatable bonds is 5. The molecule has 2 aromatic heterocycles. The van der Waals surface area contributed by atoms with Gasteiger partial charge in [0.25, 0.3) is 5.91 Å². The van der Waals surface area contributed by atoms with Gasteiger partial charge in [-0.3, -0.25) is 4.79 Å². The molecule has 1 aliphatic heterocycles. The topological polar surface area (TPSA) is 110 Å². The summed E-state index contributed by atoms with van der Waals surface area (Å²) >= 11 is 0. The van der Waals surface area contributed by atoms with Crippen molar-refractivity contribution in [2.75, 3.05) is 17.2 Å². The highest BCUT2D eigenvalue weighted by Gasteiger charge is 2.35. The van der Waals surface area contributed by atoms with Crippen LogP contribution in [0.3, 0.4) is 0 Å². The number of fused-ring (bicyclic) bond motifs is 2. The number of allylic oxidation sites excluding steroid dienone is 1. The Bertz CT molecular complexity index is 1300. The van der Waals surface area contributed by atoms with E-state index in [0.717, 1.165) is 16.5 Å². The van der Waals surface area contributed by atoms with Crippen LogP contribution in [0, 0.1) is 0 Å². The Morgan fingerprint density at radius 1 is 1.19 bits per heavy atom. The summed E-state index contributed by atoms with van der Waals surface area (Å²) in [5.41, 5.74) is 3.70. The molecule has 156 valence electrons. The van der Waals surface area contributed by atoms with E-state index >= 15 is 0 Å². The Balaban J connectivity index is 1.60. The van der Waals surface area contributed by atoms with Crippen molar-refractivity contribution < 1.29 is 9.53 Å². The number of carbonyl (C=O) groups is 1. The van der Waals surface area contributed by atoms with Crippen molar-refractivity contribution in [3.05, 3.63) is 71.6 Å². The summed E-state index contributed by atoms with van der Waals surface area (Å²) in [6.07, 6.45) is 1.90. The zero-order chi connectivity index (χ0) is 21.4. The predicted molar refractivity (Wildman–Crippen MR) is 117 cm³/mol. The first-order chi connectivity index (χ1) is 15.2. The Labute approximate surface area is 178 Å². The van der Waals surface area contributed by atoms with Gasteiger partial charge >= 0.3 is 0 Å². The maximum Gasteiger partial charge on any atom is 0.255 e. The van der Waals surface area contributed by atoms with Crippen molar-refractivity contribution in [3.8, 4) is 5.75 Å². The van der Waals surface area contributed by atoms with Gasteiger partial charge in [0.05, 0.1) is 17.9 Å². The fraction of sp³-hybridized carbons (Fsp3) is 0.182. The van der Waals surface area contributed by atoms with Crippen molar-refractivity contribution in [3.63, 3.8) is 0 Å². The monoisotopic (exact) mass is 415 g/mol. The van der Waals surface area contributed by atoms with Crippen LogP contribution in [0.1, 0.15) is 25.5 Å². The number of benzene rings is 2. The van der Waals surface area contributed by atoms with E-state index in [1.54, 1.807) is 4.68 Å². The number of ether oxygens (including phenoxy) is 1. The third-order valence-electron chi connectivity index (χ3n) is 5.31. The zero-order valence-corrected chi connectivity index (χ0v) is 17.1. The van der Waals surface area contributed by atoms with Crippen LogP contribution in [0.4, 0.5) is 11.6 Å². The molecule has 4 aromatic rings. The van der Waals surface area contributed by atoms with Crippen molar-refractivity contribution in [2.45, 2.75) is 19.9 Å². The maximum atomic E-state index is 13.6. The average Bonchev–Trinajstić information content (AvgIpc) is 3.41. The zero-order valence-electron chi connectivity index (χ0n) is 17.1. The van der Waals surface area contributed by atoms with Gasteiger partial charge in [-0.15, -0.1) is 0 Å². The molecule has 0 saturated carbocycles. The summed E-state index contributed by atoms with van der Waals surface area (Å²) in [4.78, 5) is 16.8. The Morgan fingerprint density at radius 3 is 2.87 bits per heavy atom. The number of tetrazole rings is 1. The van der Waals surface area contributed by atoms with E-state index in [1.807, 2.05) is 68.6 Å². The van der Waals surface area contributed by atoms with E-state index in [2.05, 4.69) is 31.1 Å². The molecule has 9 nitrogen and oxygen atoms in total. The number of hydrogen-bond acceptors (Lipinski definition) is 6. The largest absolute Gasteiger partial charge is 0.492 e. The van der Waals surface area contributed by atoms with Gasteiger partial charge < -0.3 is 20.4 Å². The van der Waals surface area contributed by atoms with Crippen LogP contribution in [0.15, 0.2) is 66.0 Å². The third kappa shape index (κ3) is 3.20. The van der Waals surface area contributed by atoms with E-state index in [1.165, 1.54) is 0 Å². The molecule has 0 unspecified atom stereocenters. The molecule has 0 spiro atoms. The summed E-state index contributed by atoms with van der Waals surface area (Å²) in [6, 6.07) is 14.8. The lowest BCUT2D eigenvalue weighted by Crippen LogP contribution is -2.31. The van der Waals surface area contributed by atoms with Crippen LogP contribution in [0.5, 0.6) is 5.75 Å². The van der Waals surface area contributed by atoms with Gasteiger partial charge in [-0.1, -0.05) is 35.4 Å². The minimum Gasteiger partial charge on any atom is -0.492 e. The fourth-order valence-electron chi connectivity index (χ4n) is 3.96. The molecule has 3 N–H and O–H groups in total. The smallest absolute Gasteiger partial charge is 0.255 e. The highest BCUT2D eigenvalue weighted by atomic mass is 16.5. The number of nitrogens with one attached hydrogen (secondary N) is 3. The lowest BCUT2D eigenvalue weighted by Gasteiger charge is -2.27. The van der Waals surface area contributed by atoms with E-state index < -0.39 is 6.04 Å². The highest BCUT2D eigenvalue weighted by Crippen LogP contribution is 2.38.